The van der Waals surface area contributed by atoms with E-state index in [9.17, 15) is 0 Å². The fourth-order valence-corrected chi connectivity index (χ4v) is 1.77. The molecule has 1 saturated heterocycles. The van der Waals surface area contributed by atoms with E-state index in [4.69, 9.17) is 5.73 Å². The molecular weight excluding hydrogens is 172 g/mol. The number of hydrogen-bond donors (Lipinski definition) is 1. The first-order chi connectivity index (χ1) is 6.75. The summed E-state index contributed by atoms with van der Waals surface area (Å²) in [5.41, 5.74) is 8.12. The lowest BCUT2D eigenvalue weighted by Gasteiger charge is -2.37. The lowest BCUT2D eigenvalue weighted by Crippen LogP contribution is -2.55. The van der Waals surface area contributed by atoms with Gasteiger partial charge in [0.1, 0.15) is 0 Å². The fraction of sp³-hybridized carbons (Fsp3) is 0.333. The molecule has 1 fully saturated rings. The van der Waals surface area contributed by atoms with E-state index in [0.717, 1.165) is 19.6 Å². The lowest BCUT2D eigenvalue weighted by molar-refractivity contribution is 0.173. The molecule has 1 aromatic rings. The van der Waals surface area contributed by atoms with Crippen molar-refractivity contribution in [3.05, 3.63) is 42.5 Å². The Kier molecular flexibility index (Phi) is 2.66. The fourth-order valence-electron chi connectivity index (χ4n) is 1.77. The van der Waals surface area contributed by atoms with Crippen molar-refractivity contribution in [2.45, 2.75) is 6.04 Å². The molecule has 74 valence electrons. The summed E-state index contributed by atoms with van der Waals surface area (Å²) in [5, 5.41) is 0. The third kappa shape index (κ3) is 2.03. The van der Waals surface area contributed by atoms with Gasteiger partial charge < -0.3 is 5.73 Å². The summed E-state index contributed by atoms with van der Waals surface area (Å²) < 4.78 is 0. The van der Waals surface area contributed by atoms with Crippen molar-refractivity contribution in [3.63, 3.8) is 0 Å². The van der Waals surface area contributed by atoms with Gasteiger partial charge in [0, 0.05) is 25.7 Å². The maximum atomic E-state index is 5.71. The van der Waals surface area contributed by atoms with Crippen LogP contribution in [-0.4, -0.2) is 30.6 Å². The van der Waals surface area contributed by atoms with E-state index < -0.39 is 0 Å². The SMILES string of the molecule is C=C(CN1CC(N)C1)c1ccccc1. The number of nitrogens with two attached hydrogens (primary N) is 1. The minimum absolute atomic E-state index is 0.374. The Morgan fingerprint density at radius 1 is 1.36 bits per heavy atom. The van der Waals surface area contributed by atoms with E-state index in [0.29, 0.717) is 6.04 Å². The molecule has 0 aliphatic carbocycles. The third-order valence-electron chi connectivity index (χ3n) is 2.58. The van der Waals surface area contributed by atoms with Crippen molar-refractivity contribution in [2.75, 3.05) is 19.6 Å². The van der Waals surface area contributed by atoms with E-state index in [2.05, 4.69) is 23.6 Å². The zero-order valence-corrected chi connectivity index (χ0v) is 8.32. The van der Waals surface area contributed by atoms with Crippen molar-refractivity contribution >= 4 is 5.57 Å². The summed E-state index contributed by atoms with van der Waals surface area (Å²) in [6.07, 6.45) is 0. The number of hydrogen-bond acceptors (Lipinski definition) is 2. The van der Waals surface area contributed by atoms with Crippen LogP contribution >= 0.6 is 0 Å². The topological polar surface area (TPSA) is 29.3 Å². The number of benzene rings is 1. The van der Waals surface area contributed by atoms with Crippen LogP contribution in [0.3, 0.4) is 0 Å². The summed E-state index contributed by atoms with van der Waals surface area (Å²) in [5.74, 6) is 0. The van der Waals surface area contributed by atoms with Crippen LogP contribution in [0.5, 0.6) is 0 Å². The van der Waals surface area contributed by atoms with Gasteiger partial charge in [-0.05, 0) is 11.1 Å². The van der Waals surface area contributed by atoms with E-state index in [1.165, 1.54) is 11.1 Å². The summed E-state index contributed by atoms with van der Waals surface area (Å²) in [7, 11) is 0. The zero-order valence-electron chi connectivity index (χ0n) is 8.32. The largest absolute Gasteiger partial charge is 0.325 e. The zero-order chi connectivity index (χ0) is 9.97. The molecule has 2 rings (SSSR count). The normalized spacial score (nSPS) is 17.8. The molecule has 1 aromatic carbocycles. The minimum Gasteiger partial charge on any atom is -0.325 e. The van der Waals surface area contributed by atoms with Crippen LogP contribution in [0.1, 0.15) is 5.56 Å². The van der Waals surface area contributed by atoms with Gasteiger partial charge in [-0.3, -0.25) is 4.90 Å². The van der Waals surface area contributed by atoms with Gasteiger partial charge in [-0.15, -0.1) is 0 Å². The van der Waals surface area contributed by atoms with Gasteiger partial charge in [0.2, 0.25) is 0 Å². The second kappa shape index (κ2) is 3.95. The average molecular weight is 188 g/mol. The van der Waals surface area contributed by atoms with Crippen molar-refractivity contribution in [1.82, 2.24) is 4.90 Å². The van der Waals surface area contributed by atoms with Crippen LogP contribution in [-0.2, 0) is 0 Å². The molecule has 0 aromatic heterocycles. The average Bonchev–Trinajstić information content (AvgIpc) is 2.17. The first kappa shape index (κ1) is 9.44. The molecular formula is C12H16N2. The lowest BCUT2D eigenvalue weighted by atomic mass is 10.0. The predicted molar refractivity (Wildman–Crippen MR) is 59.9 cm³/mol. The van der Waals surface area contributed by atoms with E-state index in [1.807, 2.05) is 18.2 Å². The summed E-state index contributed by atoms with van der Waals surface area (Å²) in [6.45, 7) is 7.04. The van der Waals surface area contributed by atoms with Crippen LogP contribution in [0.25, 0.3) is 5.57 Å². The van der Waals surface area contributed by atoms with E-state index in [1.54, 1.807) is 0 Å². The van der Waals surface area contributed by atoms with Crippen LogP contribution in [0, 0.1) is 0 Å². The second-order valence-electron chi connectivity index (χ2n) is 3.92. The molecule has 0 spiro atoms. The summed E-state index contributed by atoms with van der Waals surface area (Å²) in [6, 6.07) is 10.7. The molecule has 14 heavy (non-hydrogen) atoms. The molecule has 1 aliphatic rings. The monoisotopic (exact) mass is 188 g/mol. The smallest absolute Gasteiger partial charge is 0.0297 e. The number of likely N-dealkylation sites (tertiary alicyclic amines) is 1. The molecule has 2 nitrogen and oxygen atoms in total. The highest BCUT2D eigenvalue weighted by molar-refractivity contribution is 5.64. The first-order valence-corrected chi connectivity index (χ1v) is 4.97. The van der Waals surface area contributed by atoms with E-state index in [-0.39, 0.29) is 0 Å². The van der Waals surface area contributed by atoms with Gasteiger partial charge in [0.25, 0.3) is 0 Å². The minimum atomic E-state index is 0.374. The van der Waals surface area contributed by atoms with Crippen molar-refractivity contribution in [2.24, 2.45) is 5.73 Å². The van der Waals surface area contributed by atoms with Gasteiger partial charge >= 0.3 is 0 Å². The predicted octanol–water partition coefficient (Wildman–Crippen LogP) is 1.34. The maximum absolute atomic E-state index is 5.71. The Hall–Kier alpha value is -1.12. The highest BCUT2D eigenvalue weighted by Crippen LogP contribution is 2.16. The first-order valence-electron chi connectivity index (χ1n) is 4.97. The molecule has 0 radical (unpaired) electrons. The molecule has 2 heteroatoms. The van der Waals surface area contributed by atoms with E-state index >= 15 is 0 Å². The van der Waals surface area contributed by atoms with Gasteiger partial charge in [-0.2, -0.15) is 0 Å². The molecule has 1 heterocycles. The summed E-state index contributed by atoms with van der Waals surface area (Å²) >= 11 is 0. The van der Waals surface area contributed by atoms with Gasteiger partial charge in [0.05, 0.1) is 0 Å². The third-order valence-corrected chi connectivity index (χ3v) is 2.58. The quantitative estimate of drug-likeness (QED) is 0.775. The number of nitrogens with zero attached hydrogens (tertiary/aromatic N) is 1. The van der Waals surface area contributed by atoms with Crippen LogP contribution in [0.4, 0.5) is 0 Å². The van der Waals surface area contributed by atoms with Crippen molar-refractivity contribution in [3.8, 4) is 0 Å². The molecule has 1 aliphatic heterocycles. The molecule has 0 amide bonds. The Labute approximate surface area is 85.0 Å². The van der Waals surface area contributed by atoms with Crippen molar-refractivity contribution in [1.29, 1.82) is 0 Å². The van der Waals surface area contributed by atoms with Gasteiger partial charge in [-0.25, -0.2) is 0 Å². The van der Waals surface area contributed by atoms with Crippen LogP contribution in [0.15, 0.2) is 36.9 Å². The Morgan fingerprint density at radius 2 is 2.00 bits per heavy atom. The Balaban J connectivity index is 1.90. The Bertz CT molecular complexity index is 312. The molecule has 0 saturated carbocycles. The van der Waals surface area contributed by atoms with Crippen LogP contribution < -0.4 is 5.73 Å². The molecule has 2 N–H and O–H groups in total. The molecule has 0 unspecified atom stereocenters. The van der Waals surface area contributed by atoms with Crippen LogP contribution in [0.2, 0.25) is 0 Å². The summed E-state index contributed by atoms with van der Waals surface area (Å²) in [4.78, 5) is 2.32. The van der Waals surface area contributed by atoms with Crippen molar-refractivity contribution < 1.29 is 0 Å². The second-order valence-corrected chi connectivity index (χ2v) is 3.92. The molecule has 0 atom stereocenters. The van der Waals surface area contributed by atoms with Gasteiger partial charge in [0.15, 0.2) is 0 Å². The molecule has 0 bridgehead atoms. The standard InChI is InChI=1S/C12H16N2/c1-10(7-14-8-12(13)9-14)11-5-3-2-4-6-11/h2-6,12H,1,7-9,13H2. The highest BCUT2D eigenvalue weighted by atomic mass is 15.2. The number of rotatable bonds is 3. The Morgan fingerprint density at radius 3 is 2.57 bits per heavy atom. The highest BCUT2D eigenvalue weighted by Gasteiger charge is 2.22. The maximum Gasteiger partial charge on any atom is 0.0297 e. The van der Waals surface area contributed by atoms with Gasteiger partial charge in [-0.1, -0.05) is 36.9 Å².